The molecule has 0 aliphatic heterocycles. The van der Waals surface area contributed by atoms with Crippen molar-refractivity contribution in [1.29, 1.82) is 0 Å². The molecule has 0 heterocycles. The molecule has 1 N–H and O–H groups in total. The summed E-state index contributed by atoms with van der Waals surface area (Å²) in [5.41, 5.74) is -1.69. The van der Waals surface area contributed by atoms with Crippen molar-refractivity contribution in [3.8, 4) is 0 Å². The molecule has 3 rings (SSSR count). The fourth-order valence-corrected chi connectivity index (χ4v) is 2.67. The van der Waals surface area contributed by atoms with Gasteiger partial charge in [0.05, 0.1) is 12.4 Å². The molecule has 1 nitrogen and oxygen atoms in total. The minimum Gasteiger partial charge on any atom is -0.310 e. The highest BCUT2D eigenvalue weighted by atomic mass is 19.4. The van der Waals surface area contributed by atoms with Crippen LogP contribution in [0.3, 0.4) is 0 Å². The highest BCUT2D eigenvalue weighted by Gasteiger charge is 2.30. The van der Waals surface area contributed by atoms with Crippen LogP contribution in [0, 0.1) is 0 Å². The molecule has 0 aromatic heterocycles. The van der Waals surface area contributed by atoms with Gasteiger partial charge in [0, 0.05) is 10.1 Å². The molecule has 0 aliphatic rings. The zero-order valence-corrected chi connectivity index (χ0v) is 13.8. The van der Waals surface area contributed by atoms with Gasteiger partial charge in [-0.1, -0.05) is 60.6 Å². The number of halogens is 3. The third-order valence-corrected chi connectivity index (χ3v) is 3.92. The van der Waals surface area contributed by atoms with Crippen LogP contribution in [0.2, 0.25) is 0 Å². The highest BCUT2D eigenvalue weighted by Crippen LogP contribution is 2.29. The Balaban J connectivity index is 1.88. The SMILES string of the molecule is [2H]c1c([2H])c(CCCN[C@@]([2H])(c2cccc3ccccc23)C([2H])([2H])[2H])c([2H])c(C(F)(F)F)c1[2H]. The maximum absolute atomic E-state index is 13.3. The molecule has 3 aromatic carbocycles. The molecule has 0 aliphatic carbocycles. The van der Waals surface area contributed by atoms with Crippen LogP contribution in [0.15, 0.2) is 66.6 Å². The van der Waals surface area contributed by atoms with Crippen molar-refractivity contribution < 1.29 is 24.1 Å². The summed E-state index contributed by atoms with van der Waals surface area (Å²) in [5, 5.41) is 4.02. The van der Waals surface area contributed by atoms with Crippen LogP contribution in [0.4, 0.5) is 13.2 Å². The molecule has 136 valence electrons. The van der Waals surface area contributed by atoms with E-state index in [1.807, 2.05) is 0 Å². The standard InChI is InChI=1S/C22H22F3N/c1-16(20-13-5-10-18-9-2-3-12-21(18)20)26-14-6-8-17-7-4-11-19(15-17)22(23,24)25/h2-5,7,9-13,15-16,26H,6,8,14H2,1H3/t16-/m1/s1/i1D3,4D,7D,11D,15D,16D. The lowest BCUT2D eigenvalue weighted by Gasteiger charge is -2.17. The van der Waals surface area contributed by atoms with Crippen LogP contribution >= 0.6 is 0 Å². The summed E-state index contributed by atoms with van der Waals surface area (Å²) in [6.07, 6.45) is -5.24. The Hall–Kier alpha value is -2.33. The lowest BCUT2D eigenvalue weighted by atomic mass is 9.99. The molecule has 0 fully saturated rings. The van der Waals surface area contributed by atoms with Gasteiger partial charge in [0.1, 0.15) is 0 Å². The quantitative estimate of drug-likeness (QED) is 0.517. The second-order valence-corrected chi connectivity index (χ2v) is 5.78. The van der Waals surface area contributed by atoms with Gasteiger partial charge in [-0.15, -0.1) is 0 Å². The van der Waals surface area contributed by atoms with Crippen molar-refractivity contribution in [2.45, 2.75) is 31.9 Å². The molecule has 0 saturated heterocycles. The van der Waals surface area contributed by atoms with Crippen LogP contribution in [0.25, 0.3) is 10.8 Å². The van der Waals surface area contributed by atoms with Gasteiger partial charge in [-0.05, 0) is 54.2 Å². The average molecular weight is 365 g/mol. The number of rotatable bonds is 6. The van der Waals surface area contributed by atoms with E-state index in [1.165, 1.54) is 6.07 Å². The summed E-state index contributed by atoms with van der Waals surface area (Å²) >= 11 is 0. The normalized spacial score (nSPS) is 19.2. The monoisotopic (exact) mass is 365 g/mol. The van der Waals surface area contributed by atoms with Crippen LogP contribution in [-0.4, -0.2) is 6.54 Å². The van der Waals surface area contributed by atoms with Crippen LogP contribution in [0.5, 0.6) is 0 Å². The first-order valence-electron chi connectivity index (χ1n) is 12.1. The molecule has 0 spiro atoms. The molecule has 0 radical (unpaired) electrons. The smallest absolute Gasteiger partial charge is 0.310 e. The predicted octanol–water partition coefficient (Wildman–Crippen LogP) is 6.14. The Bertz CT molecular complexity index is 1200. The third kappa shape index (κ3) is 4.44. The van der Waals surface area contributed by atoms with Crippen molar-refractivity contribution in [2.75, 3.05) is 6.54 Å². The Morgan fingerprint density at radius 2 is 1.96 bits per heavy atom. The first-order valence-corrected chi connectivity index (χ1v) is 8.10. The number of nitrogens with one attached hydrogen (secondary N) is 1. The van der Waals surface area contributed by atoms with E-state index in [0.29, 0.717) is 5.39 Å². The fraction of sp³-hybridized carbons (Fsp3) is 0.273. The van der Waals surface area contributed by atoms with Crippen LogP contribution in [0.1, 0.15) is 46.9 Å². The van der Waals surface area contributed by atoms with Gasteiger partial charge in [0.15, 0.2) is 0 Å². The number of fused-ring (bicyclic) bond motifs is 1. The highest BCUT2D eigenvalue weighted by molar-refractivity contribution is 5.86. The molecule has 0 amide bonds. The number of benzene rings is 3. The maximum atomic E-state index is 13.3. The van der Waals surface area contributed by atoms with E-state index in [4.69, 9.17) is 11.0 Å². The van der Waals surface area contributed by atoms with Crippen molar-refractivity contribution in [3.05, 3.63) is 83.3 Å². The molecular formula is C22H22F3N. The third-order valence-electron chi connectivity index (χ3n) is 3.92. The summed E-state index contributed by atoms with van der Waals surface area (Å²) in [6.45, 7) is -2.90. The van der Waals surface area contributed by atoms with Gasteiger partial charge in [-0.2, -0.15) is 13.2 Å². The van der Waals surface area contributed by atoms with Crippen LogP contribution in [-0.2, 0) is 12.6 Å². The molecule has 4 heteroatoms. The molecule has 26 heavy (non-hydrogen) atoms. The Labute approximate surface area is 163 Å². The van der Waals surface area contributed by atoms with Gasteiger partial charge in [0.2, 0.25) is 0 Å². The Kier molecular flexibility index (Phi) is 3.27. The first kappa shape index (κ1) is 10.7. The largest absolute Gasteiger partial charge is 0.416 e. The summed E-state index contributed by atoms with van der Waals surface area (Å²) < 4.78 is 104. The maximum Gasteiger partial charge on any atom is 0.416 e. The number of hydrogen-bond donors (Lipinski definition) is 1. The second kappa shape index (κ2) is 7.92. The van der Waals surface area contributed by atoms with E-state index in [0.717, 1.165) is 5.39 Å². The predicted molar refractivity (Wildman–Crippen MR) is 100 cm³/mol. The first-order chi connectivity index (χ1) is 15.7. The van der Waals surface area contributed by atoms with Crippen molar-refractivity contribution >= 4 is 10.8 Å². The van der Waals surface area contributed by atoms with Gasteiger partial charge >= 0.3 is 6.18 Å². The van der Waals surface area contributed by atoms with E-state index in [1.54, 1.807) is 36.4 Å². The van der Waals surface area contributed by atoms with E-state index in [2.05, 4.69) is 5.32 Å². The zero-order chi connectivity index (χ0) is 25.5. The summed E-state index contributed by atoms with van der Waals surface area (Å²) in [4.78, 5) is 0. The van der Waals surface area contributed by atoms with Crippen LogP contribution < -0.4 is 5.32 Å². The van der Waals surface area contributed by atoms with Crippen molar-refractivity contribution in [3.63, 3.8) is 0 Å². The van der Waals surface area contributed by atoms with E-state index >= 15 is 0 Å². The molecule has 1 atom stereocenters. The lowest BCUT2D eigenvalue weighted by Crippen LogP contribution is -2.20. The summed E-state index contributed by atoms with van der Waals surface area (Å²) in [5.74, 6) is 0. The van der Waals surface area contributed by atoms with E-state index < -0.39 is 48.8 Å². The molecular weight excluding hydrogens is 335 g/mol. The number of hydrogen-bond acceptors (Lipinski definition) is 1. The molecule has 0 unspecified atom stereocenters. The number of alkyl halides is 3. The Morgan fingerprint density at radius 3 is 2.77 bits per heavy atom. The minimum absolute atomic E-state index is 0.00726. The van der Waals surface area contributed by atoms with E-state index in [-0.39, 0.29) is 30.5 Å². The van der Waals surface area contributed by atoms with Gasteiger partial charge in [-0.3, -0.25) is 0 Å². The second-order valence-electron chi connectivity index (χ2n) is 5.78. The van der Waals surface area contributed by atoms with Gasteiger partial charge in [-0.25, -0.2) is 0 Å². The molecule has 3 aromatic rings. The molecule has 0 bridgehead atoms. The minimum atomic E-state index is -5.02. The Morgan fingerprint density at radius 1 is 1.15 bits per heavy atom. The fourth-order valence-electron chi connectivity index (χ4n) is 2.67. The van der Waals surface area contributed by atoms with Crippen molar-refractivity contribution in [2.24, 2.45) is 0 Å². The summed E-state index contributed by atoms with van der Waals surface area (Å²) in [7, 11) is 0. The van der Waals surface area contributed by atoms with Gasteiger partial charge in [0.25, 0.3) is 0 Å². The zero-order valence-electron chi connectivity index (χ0n) is 21.8. The van der Waals surface area contributed by atoms with Gasteiger partial charge < -0.3 is 5.32 Å². The molecule has 0 saturated carbocycles. The lowest BCUT2D eigenvalue weighted by molar-refractivity contribution is -0.137. The summed E-state index contributed by atoms with van der Waals surface area (Å²) in [6, 6.07) is 5.96. The van der Waals surface area contributed by atoms with E-state index in [9.17, 15) is 13.2 Å². The topological polar surface area (TPSA) is 12.0 Å². The average Bonchev–Trinajstić information content (AvgIpc) is 2.74. The van der Waals surface area contributed by atoms with Crippen molar-refractivity contribution in [1.82, 2.24) is 5.32 Å².